The Bertz CT molecular complexity index is 549. The summed E-state index contributed by atoms with van der Waals surface area (Å²) in [5, 5.41) is 2.77. The van der Waals surface area contributed by atoms with Crippen molar-refractivity contribution in [1.82, 2.24) is 10.2 Å². The second kappa shape index (κ2) is 8.11. The van der Waals surface area contributed by atoms with Crippen molar-refractivity contribution < 1.29 is 9.59 Å². The SMILES string of the molecule is CC1CC(C)CN(Cc2ccccc2CNC(=O)CC(N)=O)C1. The van der Waals surface area contributed by atoms with Crippen LogP contribution < -0.4 is 11.1 Å². The molecule has 1 aromatic carbocycles. The molecule has 0 radical (unpaired) electrons. The molecule has 2 atom stereocenters. The van der Waals surface area contributed by atoms with E-state index >= 15 is 0 Å². The monoisotopic (exact) mass is 317 g/mol. The Morgan fingerprint density at radius 1 is 1.17 bits per heavy atom. The fraction of sp³-hybridized carbons (Fsp3) is 0.556. The highest BCUT2D eigenvalue weighted by Crippen LogP contribution is 2.23. The highest BCUT2D eigenvalue weighted by atomic mass is 16.2. The van der Waals surface area contributed by atoms with Gasteiger partial charge in [-0.25, -0.2) is 0 Å². The van der Waals surface area contributed by atoms with E-state index in [1.807, 2.05) is 18.2 Å². The number of nitrogens with one attached hydrogen (secondary N) is 1. The largest absolute Gasteiger partial charge is 0.369 e. The smallest absolute Gasteiger partial charge is 0.229 e. The van der Waals surface area contributed by atoms with Gasteiger partial charge < -0.3 is 11.1 Å². The van der Waals surface area contributed by atoms with Gasteiger partial charge in [0.25, 0.3) is 0 Å². The lowest BCUT2D eigenvalue weighted by Crippen LogP contribution is -2.38. The van der Waals surface area contributed by atoms with Gasteiger partial charge in [-0.15, -0.1) is 0 Å². The summed E-state index contributed by atoms with van der Waals surface area (Å²) in [5.74, 6) is 0.516. The zero-order valence-corrected chi connectivity index (χ0v) is 14.0. The van der Waals surface area contributed by atoms with E-state index in [0.29, 0.717) is 6.54 Å². The van der Waals surface area contributed by atoms with Gasteiger partial charge >= 0.3 is 0 Å². The molecule has 0 spiro atoms. The lowest BCUT2D eigenvalue weighted by molar-refractivity contribution is -0.127. The molecular formula is C18H27N3O2. The van der Waals surface area contributed by atoms with Crippen LogP contribution in [0.4, 0.5) is 0 Å². The Kier molecular flexibility index (Phi) is 6.16. The molecule has 5 heteroatoms. The van der Waals surface area contributed by atoms with Crippen LogP contribution >= 0.6 is 0 Å². The van der Waals surface area contributed by atoms with E-state index in [1.54, 1.807) is 0 Å². The number of benzene rings is 1. The van der Waals surface area contributed by atoms with Gasteiger partial charge in [-0.1, -0.05) is 38.1 Å². The Morgan fingerprint density at radius 2 is 1.78 bits per heavy atom. The average Bonchev–Trinajstić information content (AvgIpc) is 2.44. The first-order valence-electron chi connectivity index (χ1n) is 8.28. The summed E-state index contributed by atoms with van der Waals surface area (Å²) in [5.41, 5.74) is 7.36. The van der Waals surface area contributed by atoms with Crippen molar-refractivity contribution in [2.75, 3.05) is 13.1 Å². The van der Waals surface area contributed by atoms with E-state index < -0.39 is 5.91 Å². The summed E-state index contributed by atoms with van der Waals surface area (Å²) in [6.07, 6.45) is 1.03. The molecule has 0 aromatic heterocycles. The molecule has 2 amide bonds. The lowest BCUT2D eigenvalue weighted by Gasteiger charge is -2.35. The third-order valence-electron chi connectivity index (χ3n) is 4.27. The summed E-state index contributed by atoms with van der Waals surface area (Å²) in [6, 6.07) is 8.14. The maximum Gasteiger partial charge on any atom is 0.229 e. The molecule has 2 unspecified atom stereocenters. The standard InChI is InChI=1S/C18H27N3O2/c1-13-7-14(2)11-21(10-13)12-16-6-4-3-5-15(16)9-20-18(23)8-17(19)22/h3-6,13-14H,7-12H2,1-2H3,(H2,19,22)(H,20,23). The number of piperidine rings is 1. The van der Waals surface area contributed by atoms with E-state index in [1.165, 1.54) is 12.0 Å². The molecule has 126 valence electrons. The number of carbonyl (C=O) groups excluding carboxylic acids is 2. The summed E-state index contributed by atoms with van der Waals surface area (Å²) in [6.45, 7) is 8.18. The highest BCUT2D eigenvalue weighted by Gasteiger charge is 2.22. The summed E-state index contributed by atoms with van der Waals surface area (Å²) in [7, 11) is 0. The maximum absolute atomic E-state index is 11.6. The number of primary amides is 1. The van der Waals surface area contributed by atoms with Gasteiger partial charge in [-0.05, 0) is 29.4 Å². The van der Waals surface area contributed by atoms with E-state index in [-0.39, 0.29) is 12.3 Å². The molecule has 0 bridgehead atoms. The number of amides is 2. The summed E-state index contributed by atoms with van der Waals surface area (Å²) in [4.78, 5) is 24.8. The quantitative estimate of drug-likeness (QED) is 0.784. The van der Waals surface area contributed by atoms with Gasteiger partial charge in [-0.2, -0.15) is 0 Å². The third kappa shape index (κ3) is 5.67. The van der Waals surface area contributed by atoms with Crippen LogP contribution in [0.15, 0.2) is 24.3 Å². The number of hydrogen-bond acceptors (Lipinski definition) is 3. The normalized spacial score (nSPS) is 21.8. The minimum atomic E-state index is -0.605. The Morgan fingerprint density at radius 3 is 2.39 bits per heavy atom. The zero-order chi connectivity index (χ0) is 16.8. The maximum atomic E-state index is 11.6. The molecule has 0 aliphatic carbocycles. The molecule has 23 heavy (non-hydrogen) atoms. The minimum absolute atomic E-state index is 0.261. The van der Waals surface area contributed by atoms with Gasteiger partial charge in [-0.3, -0.25) is 14.5 Å². The topological polar surface area (TPSA) is 75.4 Å². The van der Waals surface area contributed by atoms with Crippen LogP contribution in [0.2, 0.25) is 0 Å². The molecule has 3 N–H and O–H groups in total. The molecule has 2 rings (SSSR count). The van der Waals surface area contributed by atoms with Gasteiger partial charge in [0.2, 0.25) is 11.8 Å². The molecule has 1 aliphatic heterocycles. The van der Waals surface area contributed by atoms with Crippen molar-refractivity contribution in [3.8, 4) is 0 Å². The van der Waals surface area contributed by atoms with Crippen molar-refractivity contribution in [2.45, 2.75) is 39.8 Å². The van der Waals surface area contributed by atoms with Crippen LogP contribution in [-0.4, -0.2) is 29.8 Å². The predicted octanol–water partition coefficient (Wildman–Crippen LogP) is 1.66. The molecule has 5 nitrogen and oxygen atoms in total. The minimum Gasteiger partial charge on any atom is -0.369 e. The first-order valence-corrected chi connectivity index (χ1v) is 8.28. The van der Waals surface area contributed by atoms with Crippen molar-refractivity contribution in [1.29, 1.82) is 0 Å². The van der Waals surface area contributed by atoms with Crippen molar-refractivity contribution in [3.63, 3.8) is 0 Å². The van der Waals surface area contributed by atoms with Gasteiger partial charge in [0.05, 0.1) is 0 Å². The van der Waals surface area contributed by atoms with Crippen LogP contribution in [0.25, 0.3) is 0 Å². The second-order valence-corrected chi connectivity index (χ2v) is 6.83. The highest BCUT2D eigenvalue weighted by molar-refractivity contribution is 5.95. The van der Waals surface area contributed by atoms with Crippen molar-refractivity contribution in [3.05, 3.63) is 35.4 Å². The van der Waals surface area contributed by atoms with E-state index in [0.717, 1.165) is 37.0 Å². The summed E-state index contributed by atoms with van der Waals surface area (Å²) >= 11 is 0. The average molecular weight is 317 g/mol. The van der Waals surface area contributed by atoms with Gasteiger partial charge in [0.1, 0.15) is 6.42 Å². The van der Waals surface area contributed by atoms with Crippen LogP contribution in [0.3, 0.4) is 0 Å². The number of nitrogens with two attached hydrogens (primary N) is 1. The van der Waals surface area contributed by atoms with Crippen LogP contribution in [0.1, 0.15) is 37.8 Å². The van der Waals surface area contributed by atoms with Gasteiger partial charge in [0.15, 0.2) is 0 Å². The number of nitrogens with zero attached hydrogens (tertiary/aromatic N) is 1. The van der Waals surface area contributed by atoms with E-state index in [4.69, 9.17) is 5.73 Å². The second-order valence-electron chi connectivity index (χ2n) is 6.83. The number of likely N-dealkylation sites (tertiary alicyclic amines) is 1. The van der Waals surface area contributed by atoms with E-state index in [2.05, 4.69) is 30.1 Å². The van der Waals surface area contributed by atoms with E-state index in [9.17, 15) is 9.59 Å². The first kappa shape index (κ1) is 17.5. The van der Waals surface area contributed by atoms with Crippen LogP contribution in [-0.2, 0) is 22.7 Å². The Balaban J connectivity index is 1.97. The van der Waals surface area contributed by atoms with Crippen LogP contribution in [0, 0.1) is 11.8 Å². The number of hydrogen-bond donors (Lipinski definition) is 2. The first-order chi connectivity index (χ1) is 10.9. The van der Waals surface area contributed by atoms with Crippen molar-refractivity contribution >= 4 is 11.8 Å². The molecule has 0 saturated carbocycles. The third-order valence-corrected chi connectivity index (χ3v) is 4.27. The fourth-order valence-electron chi connectivity index (χ4n) is 3.46. The Labute approximate surface area is 138 Å². The lowest BCUT2D eigenvalue weighted by atomic mass is 9.91. The van der Waals surface area contributed by atoms with Crippen LogP contribution in [0.5, 0.6) is 0 Å². The van der Waals surface area contributed by atoms with Crippen molar-refractivity contribution in [2.24, 2.45) is 17.6 Å². The molecule has 1 heterocycles. The molecule has 1 saturated heterocycles. The molecule has 1 fully saturated rings. The number of carbonyl (C=O) groups is 2. The Hall–Kier alpha value is -1.88. The fourth-order valence-corrected chi connectivity index (χ4v) is 3.46. The number of rotatable bonds is 6. The molecule has 1 aromatic rings. The molecular weight excluding hydrogens is 290 g/mol. The molecule has 1 aliphatic rings. The van der Waals surface area contributed by atoms with Gasteiger partial charge in [0, 0.05) is 26.2 Å². The summed E-state index contributed by atoms with van der Waals surface area (Å²) < 4.78 is 0. The zero-order valence-electron chi connectivity index (χ0n) is 14.0. The predicted molar refractivity (Wildman–Crippen MR) is 90.3 cm³/mol.